The first kappa shape index (κ1) is 22.0. The van der Waals surface area contributed by atoms with E-state index in [1.54, 1.807) is 0 Å². The van der Waals surface area contributed by atoms with E-state index in [2.05, 4.69) is 0 Å². The van der Waals surface area contributed by atoms with E-state index in [0.717, 1.165) is 19.3 Å². The zero-order valence-corrected chi connectivity index (χ0v) is 18.2. The molecule has 0 N–H and O–H groups in total. The number of halogens is 3. The minimum absolute atomic E-state index is 0.0180. The lowest BCUT2D eigenvalue weighted by Crippen LogP contribution is -2.35. The van der Waals surface area contributed by atoms with Crippen molar-refractivity contribution in [2.45, 2.75) is 30.7 Å². The largest absolute Gasteiger partial charge is 0.337 e. The van der Waals surface area contributed by atoms with Crippen molar-refractivity contribution in [2.75, 3.05) is 20.1 Å². The van der Waals surface area contributed by atoms with Gasteiger partial charge in [-0.15, -0.1) is 0 Å². The molecule has 0 unspecified atom stereocenters. The Labute approximate surface area is 180 Å². The zero-order chi connectivity index (χ0) is 21.2. The van der Waals surface area contributed by atoms with Gasteiger partial charge >= 0.3 is 0 Å². The number of carbonyl (C=O) groups excluding carboxylic acids is 1. The molecule has 1 saturated heterocycles. The third-order valence-electron chi connectivity index (χ3n) is 4.92. The molecule has 156 valence electrons. The Bertz CT molecular complexity index is 1000. The molecule has 29 heavy (non-hydrogen) atoms. The molecule has 0 radical (unpaired) electrons. The van der Waals surface area contributed by atoms with Crippen molar-refractivity contribution >= 4 is 39.1 Å². The van der Waals surface area contributed by atoms with E-state index in [9.17, 15) is 17.6 Å². The van der Waals surface area contributed by atoms with Gasteiger partial charge in [-0.05, 0) is 43.2 Å². The van der Waals surface area contributed by atoms with E-state index >= 15 is 0 Å². The fourth-order valence-electron chi connectivity index (χ4n) is 3.28. The number of amides is 1. The van der Waals surface area contributed by atoms with Crippen LogP contribution in [0.15, 0.2) is 41.3 Å². The number of hydrogen-bond acceptors (Lipinski definition) is 3. The molecular weight excluding hydrogens is 438 g/mol. The predicted molar refractivity (Wildman–Crippen MR) is 111 cm³/mol. The summed E-state index contributed by atoms with van der Waals surface area (Å²) in [5, 5.41) is 0.330. The van der Waals surface area contributed by atoms with Crippen LogP contribution in [0.5, 0.6) is 0 Å². The van der Waals surface area contributed by atoms with Crippen LogP contribution in [0, 0.1) is 5.82 Å². The van der Waals surface area contributed by atoms with Gasteiger partial charge in [0.25, 0.3) is 5.91 Å². The van der Waals surface area contributed by atoms with Crippen molar-refractivity contribution in [3.8, 4) is 0 Å². The smallest absolute Gasteiger partial charge is 0.255 e. The first-order chi connectivity index (χ1) is 13.7. The topological polar surface area (TPSA) is 57.7 Å². The molecule has 0 bridgehead atoms. The highest BCUT2D eigenvalue weighted by molar-refractivity contribution is 7.89. The molecule has 0 spiro atoms. The summed E-state index contributed by atoms with van der Waals surface area (Å²) in [4.78, 5) is 14.2. The number of benzene rings is 2. The van der Waals surface area contributed by atoms with Gasteiger partial charge in [0.15, 0.2) is 0 Å². The summed E-state index contributed by atoms with van der Waals surface area (Å²) >= 11 is 12.2. The zero-order valence-electron chi connectivity index (χ0n) is 15.9. The number of hydrogen-bond donors (Lipinski definition) is 0. The molecule has 0 saturated carbocycles. The van der Waals surface area contributed by atoms with Gasteiger partial charge in [-0.1, -0.05) is 35.7 Å². The highest BCUT2D eigenvalue weighted by Crippen LogP contribution is 2.27. The van der Waals surface area contributed by atoms with Gasteiger partial charge in [-0.2, -0.15) is 4.31 Å². The second-order valence-electron chi connectivity index (χ2n) is 6.97. The molecule has 1 fully saturated rings. The first-order valence-electron chi connectivity index (χ1n) is 9.20. The lowest BCUT2D eigenvalue weighted by Gasteiger charge is -2.26. The van der Waals surface area contributed by atoms with Crippen LogP contribution in [0.1, 0.15) is 35.2 Å². The minimum Gasteiger partial charge on any atom is -0.337 e. The average molecular weight is 459 g/mol. The van der Waals surface area contributed by atoms with Crippen molar-refractivity contribution in [3.05, 3.63) is 63.4 Å². The van der Waals surface area contributed by atoms with Crippen molar-refractivity contribution in [1.82, 2.24) is 9.21 Å². The van der Waals surface area contributed by atoms with Gasteiger partial charge < -0.3 is 4.90 Å². The molecule has 9 heteroatoms. The van der Waals surface area contributed by atoms with E-state index in [4.69, 9.17) is 23.2 Å². The molecular formula is C20H21Cl2FN2O3S. The summed E-state index contributed by atoms with van der Waals surface area (Å²) in [6, 6.07) is 8.37. The molecule has 1 aliphatic heterocycles. The lowest BCUT2D eigenvalue weighted by molar-refractivity contribution is 0.0784. The quantitative estimate of drug-likeness (QED) is 0.658. The third kappa shape index (κ3) is 4.74. The molecule has 1 amide bonds. The molecule has 3 rings (SSSR count). The van der Waals surface area contributed by atoms with Crippen LogP contribution in [0.4, 0.5) is 4.39 Å². The van der Waals surface area contributed by atoms with Crippen LogP contribution >= 0.6 is 23.2 Å². The average Bonchev–Trinajstić information content (AvgIpc) is 2.71. The van der Waals surface area contributed by atoms with Gasteiger partial charge in [0.2, 0.25) is 10.0 Å². The standard InChI is InChI=1S/C20H21Cl2FN2O3S/c1-24(13-16-17(21)6-5-7-19(16)23)20(26)15-12-14(8-9-18(15)22)29(27,28)25-10-3-2-4-11-25/h5-9,12H,2-4,10-11,13H2,1H3. The van der Waals surface area contributed by atoms with Crippen LogP contribution < -0.4 is 0 Å². The Balaban J connectivity index is 1.88. The Kier molecular flexibility index (Phi) is 6.83. The molecule has 0 atom stereocenters. The molecule has 2 aromatic carbocycles. The third-order valence-corrected chi connectivity index (χ3v) is 7.50. The minimum atomic E-state index is -3.71. The van der Waals surface area contributed by atoms with Crippen LogP contribution in [-0.2, 0) is 16.6 Å². The van der Waals surface area contributed by atoms with Crippen LogP contribution in [-0.4, -0.2) is 43.7 Å². The highest BCUT2D eigenvalue weighted by atomic mass is 35.5. The van der Waals surface area contributed by atoms with Crippen molar-refractivity contribution in [3.63, 3.8) is 0 Å². The number of piperidine rings is 1. The summed E-state index contributed by atoms with van der Waals surface area (Å²) in [6.45, 7) is 0.837. The Morgan fingerprint density at radius 2 is 1.79 bits per heavy atom. The summed E-state index contributed by atoms with van der Waals surface area (Å²) in [7, 11) is -2.23. The van der Waals surface area contributed by atoms with E-state index in [1.165, 1.54) is 52.7 Å². The molecule has 2 aromatic rings. The van der Waals surface area contributed by atoms with Crippen molar-refractivity contribution in [2.24, 2.45) is 0 Å². The highest BCUT2D eigenvalue weighted by Gasteiger charge is 2.28. The number of rotatable bonds is 5. The lowest BCUT2D eigenvalue weighted by atomic mass is 10.1. The van der Waals surface area contributed by atoms with E-state index < -0.39 is 21.7 Å². The number of carbonyl (C=O) groups is 1. The normalized spacial score (nSPS) is 15.3. The summed E-state index contributed by atoms with van der Waals surface area (Å²) in [5.41, 5.74) is 0.220. The fourth-order valence-corrected chi connectivity index (χ4v) is 5.25. The van der Waals surface area contributed by atoms with E-state index in [1.807, 2.05) is 0 Å². The Hall–Kier alpha value is -1.67. The summed E-state index contributed by atoms with van der Waals surface area (Å²) in [6.07, 6.45) is 2.62. The maximum absolute atomic E-state index is 14.0. The SMILES string of the molecule is CN(Cc1c(F)cccc1Cl)C(=O)c1cc(S(=O)(=O)N2CCCCC2)ccc1Cl. The van der Waals surface area contributed by atoms with Gasteiger partial charge in [-0.3, -0.25) is 4.79 Å². The van der Waals surface area contributed by atoms with Crippen LogP contribution in [0.2, 0.25) is 10.0 Å². The second-order valence-corrected chi connectivity index (χ2v) is 9.72. The Morgan fingerprint density at radius 1 is 1.10 bits per heavy atom. The summed E-state index contributed by atoms with van der Waals surface area (Å²) < 4.78 is 41.3. The Morgan fingerprint density at radius 3 is 2.45 bits per heavy atom. The molecule has 0 aromatic heterocycles. The molecule has 0 aliphatic carbocycles. The van der Waals surface area contributed by atoms with Gasteiger partial charge in [0.1, 0.15) is 5.82 Å². The maximum atomic E-state index is 14.0. The monoisotopic (exact) mass is 458 g/mol. The number of sulfonamides is 1. The van der Waals surface area contributed by atoms with Crippen LogP contribution in [0.25, 0.3) is 0 Å². The van der Waals surface area contributed by atoms with Gasteiger partial charge in [0.05, 0.1) is 15.5 Å². The second kappa shape index (κ2) is 9.00. The van der Waals surface area contributed by atoms with Crippen LogP contribution in [0.3, 0.4) is 0 Å². The molecule has 1 aliphatic rings. The maximum Gasteiger partial charge on any atom is 0.255 e. The van der Waals surface area contributed by atoms with E-state index in [-0.39, 0.29) is 32.6 Å². The van der Waals surface area contributed by atoms with E-state index in [0.29, 0.717) is 13.1 Å². The predicted octanol–water partition coefficient (Wildman–Crippen LogP) is 4.58. The van der Waals surface area contributed by atoms with Crippen molar-refractivity contribution in [1.29, 1.82) is 0 Å². The molecule has 1 heterocycles. The molecule has 5 nitrogen and oxygen atoms in total. The van der Waals surface area contributed by atoms with Crippen molar-refractivity contribution < 1.29 is 17.6 Å². The first-order valence-corrected chi connectivity index (χ1v) is 11.4. The van der Waals surface area contributed by atoms with Gasteiger partial charge in [-0.25, -0.2) is 12.8 Å². The fraction of sp³-hybridized carbons (Fsp3) is 0.350. The van der Waals surface area contributed by atoms with Gasteiger partial charge in [0, 0.05) is 37.3 Å². The summed E-state index contributed by atoms with van der Waals surface area (Å²) in [5.74, 6) is -1.05. The number of nitrogens with zero attached hydrogens (tertiary/aromatic N) is 2.